The molecule has 1 N–H and O–H groups in total. The normalized spacial score (nSPS) is 11.4. The van der Waals surface area contributed by atoms with Crippen LogP contribution in [0.1, 0.15) is 36.2 Å². The van der Waals surface area contributed by atoms with Gasteiger partial charge in [-0.2, -0.15) is 0 Å². The van der Waals surface area contributed by atoms with Gasteiger partial charge in [0.25, 0.3) is 0 Å². The number of para-hydroxylation sites is 2. The Morgan fingerprint density at radius 1 is 0.882 bits per heavy atom. The number of amides is 1. The Balaban J connectivity index is 1.31. The van der Waals surface area contributed by atoms with Gasteiger partial charge >= 0.3 is 0 Å². The maximum Gasteiger partial charge on any atom is 0.243 e. The third kappa shape index (κ3) is 6.28. The summed E-state index contributed by atoms with van der Waals surface area (Å²) in [5, 5.41) is 4.27. The van der Waals surface area contributed by atoms with Crippen molar-refractivity contribution in [1.82, 2.24) is 14.9 Å². The molecule has 4 nitrogen and oxygen atoms in total. The van der Waals surface area contributed by atoms with Crippen LogP contribution in [0.4, 0.5) is 0 Å². The molecule has 1 aromatic heterocycles. The number of carbonyl (C=O) groups is 1. The summed E-state index contributed by atoms with van der Waals surface area (Å²) in [6, 6.07) is 23.5. The van der Waals surface area contributed by atoms with E-state index in [1.54, 1.807) is 6.08 Å². The number of hydrogen-bond donors (Lipinski definition) is 1. The third-order valence-corrected chi connectivity index (χ3v) is 6.42. The summed E-state index contributed by atoms with van der Waals surface area (Å²) in [4.78, 5) is 16.9. The Morgan fingerprint density at radius 2 is 1.62 bits per heavy atom. The van der Waals surface area contributed by atoms with Crippen LogP contribution < -0.4 is 5.32 Å². The Labute approximate surface area is 210 Å². The van der Waals surface area contributed by atoms with Crippen molar-refractivity contribution in [3.63, 3.8) is 0 Å². The van der Waals surface area contributed by atoms with E-state index in [1.165, 1.54) is 0 Å². The summed E-state index contributed by atoms with van der Waals surface area (Å²) in [6.45, 7) is 1.24. The van der Waals surface area contributed by atoms with Crippen molar-refractivity contribution >= 4 is 46.2 Å². The van der Waals surface area contributed by atoms with Crippen LogP contribution in [-0.4, -0.2) is 22.0 Å². The van der Waals surface area contributed by atoms with Crippen molar-refractivity contribution in [3.05, 3.63) is 106 Å². The molecule has 0 atom stereocenters. The molecule has 34 heavy (non-hydrogen) atoms. The van der Waals surface area contributed by atoms with Gasteiger partial charge in [0, 0.05) is 34.7 Å². The van der Waals surface area contributed by atoms with Crippen LogP contribution in [0.25, 0.3) is 17.1 Å². The predicted molar refractivity (Wildman–Crippen MR) is 141 cm³/mol. The molecule has 4 rings (SSSR count). The van der Waals surface area contributed by atoms with E-state index in [0.717, 1.165) is 53.7 Å². The predicted octanol–water partition coefficient (Wildman–Crippen LogP) is 6.93. The Bertz CT molecular complexity index is 1260. The lowest BCUT2D eigenvalue weighted by Crippen LogP contribution is -2.22. The van der Waals surface area contributed by atoms with Crippen molar-refractivity contribution in [2.45, 2.75) is 32.2 Å². The second-order valence-electron chi connectivity index (χ2n) is 8.15. The lowest BCUT2D eigenvalue weighted by atomic mass is 10.1. The summed E-state index contributed by atoms with van der Waals surface area (Å²) in [7, 11) is 0. The molecule has 3 aromatic carbocycles. The number of fused-ring (bicyclic) bond motifs is 1. The van der Waals surface area contributed by atoms with Gasteiger partial charge in [-0.1, -0.05) is 78.2 Å². The molecule has 0 saturated carbocycles. The highest BCUT2D eigenvalue weighted by molar-refractivity contribution is 6.36. The number of hydrogen-bond acceptors (Lipinski definition) is 2. The van der Waals surface area contributed by atoms with Crippen LogP contribution in [-0.2, 0) is 17.8 Å². The Morgan fingerprint density at radius 3 is 2.41 bits per heavy atom. The van der Waals surface area contributed by atoms with Gasteiger partial charge < -0.3 is 9.88 Å². The van der Waals surface area contributed by atoms with Crippen LogP contribution >= 0.6 is 23.2 Å². The highest BCUT2D eigenvalue weighted by Crippen LogP contribution is 2.28. The largest absolute Gasteiger partial charge is 0.353 e. The van der Waals surface area contributed by atoms with E-state index in [9.17, 15) is 4.79 Å². The van der Waals surface area contributed by atoms with Crippen molar-refractivity contribution < 1.29 is 4.79 Å². The van der Waals surface area contributed by atoms with Crippen molar-refractivity contribution in [1.29, 1.82) is 0 Å². The molecule has 0 aliphatic carbocycles. The molecule has 1 heterocycles. The van der Waals surface area contributed by atoms with Gasteiger partial charge in [-0.3, -0.25) is 4.79 Å². The van der Waals surface area contributed by atoms with Crippen molar-refractivity contribution in [3.8, 4) is 0 Å². The molecular weight excluding hydrogens is 465 g/mol. The number of nitrogens with one attached hydrogen (secondary N) is 1. The fourth-order valence-corrected chi connectivity index (χ4v) is 4.44. The minimum Gasteiger partial charge on any atom is -0.353 e. The fourth-order valence-electron chi connectivity index (χ4n) is 3.93. The van der Waals surface area contributed by atoms with E-state index in [1.807, 2.05) is 72.8 Å². The monoisotopic (exact) mass is 491 g/mol. The average Bonchev–Trinajstić information content (AvgIpc) is 3.20. The Hall–Kier alpha value is -3.08. The van der Waals surface area contributed by atoms with Crippen LogP contribution in [0.5, 0.6) is 0 Å². The van der Waals surface area contributed by atoms with Crippen LogP contribution in [0.2, 0.25) is 10.0 Å². The quantitative estimate of drug-likeness (QED) is 0.193. The van der Waals surface area contributed by atoms with Gasteiger partial charge in [0.1, 0.15) is 5.82 Å². The molecule has 6 heteroatoms. The number of imidazole rings is 1. The maximum absolute atomic E-state index is 12.0. The number of benzene rings is 3. The van der Waals surface area contributed by atoms with Crippen molar-refractivity contribution in [2.75, 3.05) is 6.54 Å². The second-order valence-corrected chi connectivity index (χ2v) is 8.96. The molecule has 1 amide bonds. The Kier molecular flexibility index (Phi) is 8.40. The first kappa shape index (κ1) is 24.1. The van der Waals surface area contributed by atoms with E-state index >= 15 is 0 Å². The summed E-state index contributed by atoms with van der Waals surface area (Å²) in [5.74, 6) is 0.953. The number of unbranched alkanes of at least 4 members (excludes halogenated alkanes) is 2. The zero-order valence-corrected chi connectivity index (χ0v) is 20.4. The van der Waals surface area contributed by atoms with Gasteiger partial charge in [0.05, 0.1) is 17.6 Å². The van der Waals surface area contributed by atoms with Crippen LogP contribution in [0, 0.1) is 0 Å². The van der Waals surface area contributed by atoms with Gasteiger partial charge in [-0.25, -0.2) is 4.98 Å². The lowest BCUT2D eigenvalue weighted by Gasteiger charge is -2.12. The molecule has 0 radical (unpaired) electrons. The van der Waals surface area contributed by atoms with E-state index in [4.69, 9.17) is 28.2 Å². The molecule has 0 unspecified atom stereocenters. The molecule has 0 aliphatic rings. The summed E-state index contributed by atoms with van der Waals surface area (Å²) in [5.41, 5.74) is 3.96. The first-order valence-corrected chi connectivity index (χ1v) is 12.3. The number of halogens is 2. The molecule has 0 aliphatic heterocycles. The molecular formula is C28H27Cl2N3O. The smallest absolute Gasteiger partial charge is 0.243 e. The highest BCUT2D eigenvalue weighted by atomic mass is 35.5. The molecule has 0 fully saturated rings. The van der Waals surface area contributed by atoms with Crippen LogP contribution in [0.3, 0.4) is 0 Å². The molecule has 0 spiro atoms. The van der Waals surface area contributed by atoms with E-state index in [0.29, 0.717) is 23.1 Å². The molecule has 0 saturated heterocycles. The zero-order valence-electron chi connectivity index (χ0n) is 18.9. The van der Waals surface area contributed by atoms with Gasteiger partial charge in [0.15, 0.2) is 0 Å². The average molecular weight is 492 g/mol. The number of rotatable bonds is 10. The number of nitrogens with zero attached hydrogens (tertiary/aromatic N) is 2. The summed E-state index contributed by atoms with van der Waals surface area (Å²) in [6.07, 6.45) is 7.15. The minimum atomic E-state index is -0.0673. The second kappa shape index (κ2) is 11.9. The van der Waals surface area contributed by atoms with Crippen molar-refractivity contribution in [2.24, 2.45) is 0 Å². The zero-order chi connectivity index (χ0) is 23.8. The number of aromatic nitrogens is 2. The first-order valence-electron chi connectivity index (χ1n) is 11.5. The minimum absolute atomic E-state index is 0.0673. The van der Waals surface area contributed by atoms with E-state index in [-0.39, 0.29) is 5.91 Å². The summed E-state index contributed by atoms with van der Waals surface area (Å²) >= 11 is 12.9. The fraction of sp³-hybridized carbons (Fsp3) is 0.214. The van der Waals surface area contributed by atoms with E-state index < -0.39 is 0 Å². The summed E-state index contributed by atoms with van der Waals surface area (Å²) < 4.78 is 2.21. The number of carbonyl (C=O) groups excluding carboxylic acids is 1. The third-order valence-electron chi connectivity index (χ3n) is 5.71. The maximum atomic E-state index is 12.0. The lowest BCUT2D eigenvalue weighted by molar-refractivity contribution is -0.116. The van der Waals surface area contributed by atoms with Gasteiger partial charge in [0.2, 0.25) is 5.91 Å². The van der Waals surface area contributed by atoms with E-state index in [2.05, 4.69) is 16.0 Å². The van der Waals surface area contributed by atoms with Crippen LogP contribution in [0.15, 0.2) is 78.9 Å². The number of aryl methyl sites for hydroxylation is 1. The SMILES string of the molecule is O=C(/C=C/c1ccccc1)NCCCCCc1nc2ccccc2n1Cc1c(Cl)cccc1Cl. The first-order chi connectivity index (χ1) is 16.6. The standard InChI is InChI=1S/C28H27Cl2N3O/c29-23-12-9-13-24(30)22(23)20-33-26-15-7-6-14-25(26)32-27(33)16-5-2-8-19-31-28(34)18-17-21-10-3-1-4-11-21/h1,3-4,6-7,9-15,17-18H,2,5,8,16,19-20H2,(H,31,34)/b18-17+. The highest BCUT2D eigenvalue weighted by Gasteiger charge is 2.14. The molecule has 0 bridgehead atoms. The molecule has 174 valence electrons. The topological polar surface area (TPSA) is 46.9 Å². The van der Waals surface area contributed by atoms with Gasteiger partial charge in [-0.05, 0) is 48.7 Å². The molecule has 4 aromatic rings. The van der Waals surface area contributed by atoms with Gasteiger partial charge in [-0.15, -0.1) is 0 Å².